The standard InChI is InChI=1S/C19H14N4O6S/c24-14(25)10-20-15(26)11-6-8-13(9-7-11)22-19(29)30-17-16(27)21(18(28)23(17)22)12-4-2-1-3-5-12/h1-9,17H,10H2,(H,20,26)(H,24,25). The normalized spacial score (nSPS) is 18.1. The van der Waals surface area contributed by atoms with Crippen molar-refractivity contribution in [3.63, 3.8) is 0 Å². The van der Waals surface area contributed by atoms with Crippen molar-refractivity contribution < 1.29 is 29.1 Å². The number of carboxylic acids is 1. The summed E-state index contributed by atoms with van der Waals surface area (Å²) in [7, 11) is 0. The maximum Gasteiger partial charge on any atom is 0.352 e. The highest BCUT2D eigenvalue weighted by Gasteiger charge is 2.56. The molecule has 2 heterocycles. The first-order chi connectivity index (χ1) is 14.4. The molecule has 2 aromatic rings. The minimum absolute atomic E-state index is 0.186. The minimum Gasteiger partial charge on any atom is -0.480 e. The fourth-order valence-electron chi connectivity index (χ4n) is 3.09. The Hall–Kier alpha value is -3.86. The number of carbonyl (C=O) groups is 5. The lowest BCUT2D eigenvalue weighted by molar-refractivity contribution is -0.135. The van der Waals surface area contributed by atoms with Gasteiger partial charge in [0.15, 0.2) is 5.37 Å². The van der Waals surface area contributed by atoms with Crippen LogP contribution in [0.4, 0.5) is 21.0 Å². The van der Waals surface area contributed by atoms with Crippen molar-refractivity contribution in [2.75, 3.05) is 16.5 Å². The lowest BCUT2D eigenvalue weighted by Crippen LogP contribution is -2.44. The zero-order valence-corrected chi connectivity index (χ0v) is 16.0. The number of imide groups is 1. The molecule has 0 aromatic heterocycles. The van der Waals surface area contributed by atoms with Gasteiger partial charge in [0.1, 0.15) is 6.54 Å². The number of aliphatic carboxylic acids is 1. The molecular weight excluding hydrogens is 412 g/mol. The van der Waals surface area contributed by atoms with E-state index in [0.29, 0.717) is 11.4 Å². The van der Waals surface area contributed by atoms with Gasteiger partial charge in [-0.25, -0.2) is 19.7 Å². The van der Waals surface area contributed by atoms with Crippen molar-refractivity contribution >= 4 is 52.2 Å². The van der Waals surface area contributed by atoms with Gasteiger partial charge in [-0.2, -0.15) is 0 Å². The van der Waals surface area contributed by atoms with Crippen LogP contribution in [-0.2, 0) is 9.59 Å². The molecule has 2 N–H and O–H groups in total. The van der Waals surface area contributed by atoms with Gasteiger partial charge in [0.25, 0.3) is 11.8 Å². The largest absolute Gasteiger partial charge is 0.480 e. The molecule has 0 saturated carbocycles. The van der Waals surface area contributed by atoms with Crippen LogP contribution in [0.5, 0.6) is 0 Å². The zero-order chi connectivity index (χ0) is 21.4. The van der Waals surface area contributed by atoms with E-state index in [-0.39, 0.29) is 5.56 Å². The predicted octanol–water partition coefficient (Wildman–Crippen LogP) is 1.88. The highest BCUT2D eigenvalue weighted by molar-refractivity contribution is 8.15. The number of thioether (sulfide) groups is 1. The van der Waals surface area contributed by atoms with Crippen LogP contribution in [0.1, 0.15) is 10.4 Å². The Morgan fingerprint density at radius 3 is 2.27 bits per heavy atom. The Morgan fingerprint density at radius 1 is 0.967 bits per heavy atom. The third-order valence-electron chi connectivity index (χ3n) is 4.43. The maximum absolute atomic E-state index is 13.0. The minimum atomic E-state index is -1.18. The number of para-hydroxylation sites is 1. The Kier molecular flexibility index (Phi) is 4.88. The number of hydrogen-bond donors (Lipinski definition) is 2. The summed E-state index contributed by atoms with van der Waals surface area (Å²) < 4.78 is 0. The molecule has 0 bridgehead atoms. The van der Waals surface area contributed by atoms with Crippen molar-refractivity contribution in [3.05, 3.63) is 60.2 Å². The lowest BCUT2D eigenvalue weighted by atomic mass is 10.2. The molecule has 1 atom stereocenters. The summed E-state index contributed by atoms with van der Waals surface area (Å²) in [6, 6.07) is 13.4. The summed E-state index contributed by atoms with van der Waals surface area (Å²) in [6.45, 7) is -0.525. The van der Waals surface area contributed by atoms with Crippen LogP contribution < -0.4 is 15.2 Å². The summed E-state index contributed by atoms with van der Waals surface area (Å²) in [5.41, 5.74) is 0.881. The van der Waals surface area contributed by atoms with E-state index in [9.17, 15) is 24.0 Å². The van der Waals surface area contributed by atoms with Gasteiger partial charge in [-0.05, 0) is 48.2 Å². The first-order valence-electron chi connectivity index (χ1n) is 8.71. The monoisotopic (exact) mass is 426 g/mol. The molecular formula is C19H14N4O6S. The number of anilines is 2. The third-order valence-corrected chi connectivity index (χ3v) is 5.43. The molecule has 30 heavy (non-hydrogen) atoms. The molecule has 11 heteroatoms. The van der Waals surface area contributed by atoms with E-state index >= 15 is 0 Å². The van der Waals surface area contributed by atoms with Gasteiger partial charge in [0.05, 0.1) is 11.4 Å². The molecule has 0 radical (unpaired) electrons. The molecule has 2 aliphatic heterocycles. The summed E-state index contributed by atoms with van der Waals surface area (Å²) in [5, 5.41) is 11.5. The van der Waals surface area contributed by atoms with Gasteiger partial charge in [-0.3, -0.25) is 19.2 Å². The third kappa shape index (κ3) is 3.24. The van der Waals surface area contributed by atoms with Crippen molar-refractivity contribution in [1.82, 2.24) is 10.3 Å². The van der Waals surface area contributed by atoms with Gasteiger partial charge in [-0.15, -0.1) is 0 Å². The fraction of sp³-hybridized carbons (Fsp3) is 0.105. The molecule has 4 rings (SSSR count). The van der Waals surface area contributed by atoms with Crippen LogP contribution in [0.15, 0.2) is 54.6 Å². The molecule has 0 aliphatic carbocycles. The number of benzene rings is 2. The number of fused-ring (bicyclic) bond motifs is 1. The van der Waals surface area contributed by atoms with E-state index in [2.05, 4.69) is 5.32 Å². The SMILES string of the molecule is O=C(O)CNC(=O)c1ccc(N2C(=O)SC3C(=O)N(c4ccccc4)C(=O)N32)cc1. The van der Waals surface area contributed by atoms with E-state index in [0.717, 1.165) is 26.7 Å². The number of hydrogen-bond acceptors (Lipinski definition) is 6. The first-order valence-corrected chi connectivity index (χ1v) is 9.59. The van der Waals surface area contributed by atoms with Crippen LogP contribution in [0, 0.1) is 0 Å². The van der Waals surface area contributed by atoms with Gasteiger partial charge >= 0.3 is 17.2 Å². The molecule has 10 nitrogen and oxygen atoms in total. The van der Waals surface area contributed by atoms with Crippen LogP contribution >= 0.6 is 11.8 Å². The van der Waals surface area contributed by atoms with E-state index < -0.39 is 41.0 Å². The number of nitrogens with zero attached hydrogens (tertiary/aromatic N) is 3. The molecule has 2 aliphatic rings. The van der Waals surface area contributed by atoms with Gasteiger partial charge in [0, 0.05) is 5.56 Å². The number of carboxylic acid groups (broad SMARTS) is 1. The molecule has 1 unspecified atom stereocenters. The lowest BCUT2D eigenvalue weighted by Gasteiger charge is -2.25. The molecule has 2 aromatic carbocycles. The van der Waals surface area contributed by atoms with Crippen molar-refractivity contribution in [1.29, 1.82) is 0 Å². The van der Waals surface area contributed by atoms with Gasteiger partial charge in [-0.1, -0.05) is 18.2 Å². The summed E-state index contributed by atoms with van der Waals surface area (Å²) in [6.07, 6.45) is 0. The van der Waals surface area contributed by atoms with E-state index in [1.54, 1.807) is 30.3 Å². The van der Waals surface area contributed by atoms with Crippen molar-refractivity contribution in [2.45, 2.75) is 5.37 Å². The average molecular weight is 426 g/mol. The van der Waals surface area contributed by atoms with Crippen LogP contribution in [-0.4, -0.2) is 51.1 Å². The Bertz CT molecular complexity index is 1060. The molecule has 0 spiro atoms. The highest BCUT2D eigenvalue weighted by atomic mass is 32.2. The van der Waals surface area contributed by atoms with E-state index in [1.807, 2.05) is 0 Å². The number of rotatable bonds is 5. The van der Waals surface area contributed by atoms with Crippen LogP contribution in [0.3, 0.4) is 0 Å². The molecule has 5 amide bonds. The predicted molar refractivity (Wildman–Crippen MR) is 107 cm³/mol. The molecule has 2 saturated heterocycles. The van der Waals surface area contributed by atoms with Crippen LogP contribution in [0.2, 0.25) is 0 Å². The number of urea groups is 1. The number of nitrogens with one attached hydrogen (secondary N) is 1. The summed E-state index contributed by atoms with van der Waals surface area (Å²) in [4.78, 5) is 61.7. The Labute approximate surface area is 174 Å². The maximum atomic E-state index is 13.0. The van der Waals surface area contributed by atoms with Crippen molar-refractivity contribution in [3.8, 4) is 0 Å². The molecule has 152 valence electrons. The number of amides is 5. The first kappa shape index (κ1) is 19.5. The smallest absolute Gasteiger partial charge is 0.352 e. The van der Waals surface area contributed by atoms with E-state index in [1.165, 1.54) is 24.3 Å². The Balaban J connectivity index is 1.58. The molecule has 2 fully saturated rings. The van der Waals surface area contributed by atoms with Crippen LogP contribution in [0.25, 0.3) is 0 Å². The van der Waals surface area contributed by atoms with Gasteiger partial charge < -0.3 is 10.4 Å². The number of hydrazine groups is 1. The van der Waals surface area contributed by atoms with Crippen molar-refractivity contribution in [2.24, 2.45) is 0 Å². The quantitative estimate of drug-likeness (QED) is 0.699. The second-order valence-corrected chi connectivity index (χ2v) is 7.34. The topological polar surface area (TPSA) is 127 Å². The summed E-state index contributed by atoms with van der Waals surface area (Å²) >= 11 is 0.728. The highest BCUT2D eigenvalue weighted by Crippen LogP contribution is 2.41. The van der Waals surface area contributed by atoms with Gasteiger partial charge in [0.2, 0.25) is 0 Å². The second kappa shape index (κ2) is 7.52. The second-order valence-electron chi connectivity index (χ2n) is 6.31. The number of carbonyl (C=O) groups excluding carboxylic acids is 4. The average Bonchev–Trinajstić information content (AvgIpc) is 3.20. The zero-order valence-electron chi connectivity index (χ0n) is 15.2. The fourth-order valence-corrected chi connectivity index (χ4v) is 4.07. The Morgan fingerprint density at radius 2 is 1.63 bits per heavy atom. The van der Waals surface area contributed by atoms with E-state index in [4.69, 9.17) is 5.11 Å². The summed E-state index contributed by atoms with van der Waals surface area (Å²) in [5.74, 6) is -2.28.